The molecule has 1 heterocycles. The number of carbonyl (C=O) groups excluding carboxylic acids is 1. The Kier molecular flexibility index (Phi) is 3.68. The van der Waals surface area contributed by atoms with E-state index in [2.05, 4.69) is 0 Å². The van der Waals surface area contributed by atoms with Crippen molar-refractivity contribution in [1.82, 2.24) is 0 Å². The highest BCUT2D eigenvalue weighted by atomic mass is 16.6. The van der Waals surface area contributed by atoms with E-state index in [0.717, 1.165) is 11.3 Å². The van der Waals surface area contributed by atoms with E-state index in [0.29, 0.717) is 13.0 Å². The van der Waals surface area contributed by atoms with Gasteiger partial charge in [-0.25, -0.2) is 0 Å². The zero-order chi connectivity index (χ0) is 13.8. The second kappa shape index (κ2) is 5.78. The smallest absolute Gasteiger partial charge is 0.313 e. The van der Waals surface area contributed by atoms with Crippen molar-refractivity contribution in [3.63, 3.8) is 0 Å². The van der Waals surface area contributed by atoms with Crippen LogP contribution in [0, 0.1) is 0 Å². The summed E-state index contributed by atoms with van der Waals surface area (Å²) in [6.07, 6.45) is 0.503. The molecule has 1 aliphatic rings. The van der Waals surface area contributed by atoms with Gasteiger partial charge in [0.05, 0.1) is 5.92 Å². The van der Waals surface area contributed by atoms with E-state index >= 15 is 0 Å². The first kappa shape index (κ1) is 12.7. The van der Waals surface area contributed by atoms with E-state index in [9.17, 15) is 4.79 Å². The lowest BCUT2D eigenvalue weighted by molar-refractivity contribution is -0.143. The quantitative estimate of drug-likeness (QED) is 0.799. The van der Waals surface area contributed by atoms with Crippen molar-refractivity contribution in [1.29, 1.82) is 0 Å². The Morgan fingerprint density at radius 1 is 1.00 bits per heavy atom. The molecule has 0 N–H and O–H groups in total. The van der Waals surface area contributed by atoms with Crippen molar-refractivity contribution < 1.29 is 14.3 Å². The molecule has 2 atom stereocenters. The van der Waals surface area contributed by atoms with Crippen molar-refractivity contribution in [2.24, 2.45) is 0 Å². The fourth-order valence-corrected chi connectivity index (χ4v) is 2.42. The monoisotopic (exact) mass is 268 g/mol. The summed E-state index contributed by atoms with van der Waals surface area (Å²) in [6.45, 7) is 0.402. The number of hydrogen-bond donors (Lipinski definition) is 0. The Hall–Kier alpha value is -2.29. The van der Waals surface area contributed by atoms with E-state index in [1.54, 1.807) is 0 Å². The lowest BCUT2D eigenvalue weighted by Gasteiger charge is -2.10. The molecule has 0 saturated carbocycles. The zero-order valence-electron chi connectivity index (χ0n) is 11.1. The van der Waals surface area contributed by atoms with Crippen LogP contribution < -0.4 is 4.74 Å². The number of hydrogen-bond acceptors (Lipinski definition) is 3. The van der Waals surface area contributed by atoms with Crippen molar-refractivity contribution in [2.75, 3.05) is 6.61 Å². The number of rotatable bonds is 4. The highest BCUT2D eigenvalue weighted by molar-refractivity contribution is 5.80. The highest BCUT2D eigenvalue weighted by Gasteiger charge is 2.35. The SMILES string of the molecule is O=C1O[C@H](COc2ccccc2)C[C@@H]1c1ccccc1. The molecule has 1 saturated heterocycles. The van der Waals surface area contributed by atoms with Crippen LogP contribution in [0.3, 0.4) is 0 Å². The molecule has 3 nitrogen and oxygen atoms in total. The van der Waals surface area contributed by atoms with Gasteiger partial charge in [-0.05, 0) is 17.7 Å². The number of ether oxygens (including phenoxy) is 2. The van der Waals surface area contributed by atoms with Crippen molar-refractivity contribution in [3.05, 3.63) is 66.2 Å². The van der Waals surface area contributed by atoms with Crippen LogP contribution in [-0.2, 0) is 9.53 Å². The van der Waals surface area contributed by atoms with E-state index < -0.39 is 0 Å². The van der Waals surface area contributed by atoms with Crippen LogP contribution in [0.25, 0.3) is 0 Å². The molecular weight excluding hydrogens is 252 g/mol. The molecule has 0 bridgehead atoms. The molecule has 3 rings (SSSR count). The fourth-order valence-electron chi connectivity index (χ4n) is 2.42. The Morgan fingerprint density at radius 2 is 1.65 bits per heavy atom. The standard InChI is InChI=1S/C17H16O3/c18-17-16(13-7-3-1-4-8-13)11-15(20-17)12-19-14-9-5-2-6-10-14/h1-10,15-16H,11-12H2/t15-,16+/m0/s1. The Morgan fingerprint density at radius 3 is 2.35 bits per heavy atom. The molecule has 0 amide bonds. The molecule has 102 valence electrons. The average Bonchev–Trinajstić information content (AvgIpc) is 2.88. The van der Waals surface area contributed by atoms with E-state index in [4.69, 9.17) is 9.47 Å². The van der Waals surface area contributed by atoms with Gasteiger partial charge in [-0.15, -0.1) is 0 Å². The van der Waals surface area contributed by atoms with Gasteiger partial charge < -0.3 is 9.47 Å². The van der Waals surface area contributed by atoms with E-state index in [1.807, 2.05) is 60.7 Å². The van der Waals surface area contributed by atoms with Crippen LogP contribution in [0.15, 0.2) is 60.7 Å². The maximum absolute atomic E-state index is 11.9. The van der Waals surface area contributed by atoms with Gasteiger partial charge >= 0.3 is 5.97 Å². The minimum Gasteiger partial charge on any atom is -0.490 e. The minimum absolute atomic E-state index is 0.155. The van der Waals surface area contributed by atoms with Crippen LogP contribution in [-0.4, -0.2) is 18.7 Å². The normalized spacial score (nSPS) is 21.5. The summed E-state index contributed by atoms with van der Waals surface area (Å²) in [5.41, 5.74) is 1.01. The third-order valence-corrected chi connectivity index (χ3v) is 3.45. The van der Waals surface area contributed by atoms with Crippen LogP contribution in [0.2, 0.25) is 0 Å². The van der Waals surface area contributed by atoms with Gasteiger partial charge in [0.2, 0.25) is 0 Å². The maximum Gasteiger partial charge on any atom is 0.313 e. The first-order valence-corrected chi connectivity index (χ1v) is 6.76. The second-order valence-corrected chi connectivity index (χ2v) is 4.88. The molecule has 2 aromatic carbocycles. The van der Waals surface area contributed by atoms with Gasteiger partial charge in [0.1, 0.15) is 18.5 Å². The van der Waals surface area contributed by atoms with Gasteiger partial charge in [0.15, 0.2) is 0 Å². The van der Waals surface area contributed by atoms with Gasteiger partial charge in [-0.2, -0.15) is 0 Å². The van der Waals surface area contributed by atoms with Crippen LogP contribution in [0.4, 0.5) is 0 Å². The number of benzene rings is 2. The molecule has 3 heteroatoms. The van der Waals surface area contributed by atoms with Crippen LogP contribution in [0.1, 0.15) is 17.9 Å². The third-order valence-electron chi connectivity index (χ3n) is 3.45. The molecule has 0 aliphatic carbocycles. The first-order chi connectivity index (χ1) is 9.83. The predicted molar refractivity (Wildman–Crippen MR) is 75.6 cm³/mol. The van der Waals surface area contributed by atoms with E-state index in [-0.39, 0.29) is 18.0 Å². The number of cyclic esters (lactones) is 1. The van der Waals surface area contributed by atoms with Crippen molar-refractivity contribution >= 4 is 5.97 Å². The molecule has 0 aromatic heterocycles. The molecule has 1 fully saturated rings. The van der Waals surface area contributed by atoms with Gasteiger partial charge in [0, 0.05) is 6.42 Å². The van der Waals surface area contributed by atoms with Gasteiger partial charge in [0.25, 0.3) is 0 Å². The number of esters is 1. The lowest BCUT2D eigenvalue weighted by atomic mass is 9.96. The summed E-state index contributed by atoms with van der Waals surface area (Å²) in [4.78, 5) is 11.9. The molecule has 0 spiro atoms. The molecule has 20 heavy (non-hydrogen) atoms. The van der Waals surface area contributed by atoms with Gasteiger partial charge in [-0.1, -0.05) is 48.5 Å². The lowest BCUT2D eigenvalue weighted by Crippen LogP contribution is -2.17. The molecule has 2 aromatic rings. The van der Waals surface area contributed by atoms with Crippen LogP contribution >= 0.6 is 0 Å². The Balaban J connectivity index is 1.60. The fraction of sp³-hybridized carbons (Fsp3) is 0.235. The molecule has 0 radical (unpaired) electrons. The van der Waals surface area contributed by atoms with Gasteiger partial charge in [-0.3, -0.25) is 4.79 Å². The number of para-hydroxylation sites is 1. The average molecular weight is 268 g/mol. The summed E-state index contributed by atoms with van der Waals surface area (Å²) >= 11 is 0. The van der Waals surface area contributed by atoms with Crippen LogP contribution in [0.5, 0.6) is 5.75 Å². The maximum atomic E-state index is 11.9. The second-order valence-electron chi connectivity index (χ2n) is 4.88. The summed E-state index contributed by atoms with van der Waals surface area (Å²) in [5, 5.41) is 0. The summed E-state index contributed by atoms with van der Waals surface area (Å²) < 4.78 is 11.0. The third kappa shape index (κ3) is 2.82. The van der Waals surface area contributed by atoms with Crippen molar-refractivity contribution in [3.8, 4) is 5.75 Å². The van der Waals surface area contributed by atoms with E-state index in [1.165, 1.54) is 0 Å². The summed E-state index contributed by atoms with van der Waals surface area (Å²) in [5.74, 6) is 0.477. The summed E-state index contributed by atoms with van der Waals surface area (Å²) in [7, 11) is 0. The molecular formula is C17H16O3. The minimum atomic E-state index is -0.173. The largest absolute Gasteiger partial charge is 0.490 e. The highest BCUT2D eigenvalue weighted by Crippen LogP contribution is 2.30. The first-order valence-electron chi connectivity index (χ1n) is 6.76. The van der Waals surface area contributed by atoms with Crippen molar-refractivity contribution in [2.45, 2.75) is 18.4 Å². The predicted octanol–water partition coefficient (Wildman–Crippen LogP) is 3.16. The molecule has 1 aliphatic heterocycles. The molecule has 0 unspecified atom stereocenters. The Labute approximate surface area is 118 Å². The number of carbonyl (C=O) groups is 1. The topological polar surface area (TPSA) is 35.5 Å². The summed E-state index contributed by atoms with van der Waals surface area (Å²) in [6, 6.07) is 19.3. The Bertz CT molecular complexity index is 565. The zero-order valence-corrected chi connectivity index (χ0v) is 11.1.